The molecule has 1 aromatic carbocycles. The van der Waals surface area contributed by atoms with E-state index in [2.05, 4.69) is 5.32 Å². The highest BCUT2D eigenvalue weighted by Crippen LogP contribution is 2.19. The molecule has 1 aromatic rings. The summed E-state index contributed by atoms with van der Waals surface area (Å²) in [6, 6.07) is 4.00. The Morgan fingerprint density at radius 1 is 1.56 bits per heavy atom. The molecule has 0 heterocycles. The number of allylic oxidation sites excluding steroid dienone is 1. The van der Waals surface area contributed by atoms with E-state index in [4.69, 9.17) is 5.11 Å². The van der Waals surface area contributed by atoms with Crippen molar-refractivity contribution in [1.29, 1.82) is 0 Å². The molecule has 2 N–H and O–H groups in total. The molecule has 0 bridgehead atoms. The number of anilines is 1. The molecule has 0 unspecified atom stereocenters. The van der Waals surface area contributed by atoms with E-state index in [9.17, 15) is 9.18 Å². The molecule has 3 nitrogen and oxygen atoms in total. The van der Waals surface area contributed by atoms with Crippen molar-refractivity contribution in [3.8, 4) is 0 Å². The molecule has 0 radical (unpaired) electrons. The number of carboxylic acids is 1. The normalized spacial score (nSPS) is 10.6. The second-order valence-corrected chi connectivity index (χ2v) is 3.25. The van der Waals surface area contributed by atoms with Crippen LogP contribution in [0.3, 0.4) is 0 Å². The summed E-state index contributed by atoms with van der Waals surface area (Å²) >= 11 is 0. The highest BCUT2D eigenvalue weighted by Gasteiger charge is 2.12. The van der Waals surface area contributed by atoms with Crippen molar-refractivity contribution in [1.82, 2.24) is 0 Å². The molecule has 0 amide bonds. The predicted molar refractivity (Wildman–Crippen MR) is 61.3 cm³/mol. The van der Waals surface area contributed by atoms with E-state index >= 15 is 0 Å². The van der Waals surface area contributed by atoms with E-state index in [1.54, 1.807) is 0 Å². The average Bonchev–Trinajstić information content (AvgIpc) is 2.25. The molecule has 86 valence electrons. The van der Waals surface area contributed by atoms with Crippen LogP contribution in [0.15, 0.2) is 30.4 Å². The summed E-state index contributed by atoms with van der Waals surface area (Å²) in [5.41, 5.74) is 0.0139. The third-order valence-electron chi connectivity index (χ3n) is 2.09. The van der Waals surface area contributed by atoms with Gasteiger partial charge in [0.25, 0.3) is 0 Å². The quantitative estimate of drug-likeness (QED) is 0.596. The number of carboxylic acid groups (broad SMARTS) is 1. The molecule has 0 saturated heterocycles. The Morgan fingerprint density at radius 2 is 2.31 bits per heavy atom. The summed E-state index contributed by atoms with van der Waals surface area (Å²) in [4.78, 5) is 10.8. The largest absolute Gasteiger partial charge is 0.478 e. The second-order valence-electron chi connectivity index (χ2n) is 3.25. The minimum atomic E-state index is -1.13. The SMILES string of the molecule is C/C=C/CCNc1c(F)cccc1C(=O)O. The molecule has 4 heteroatoms. The average molecular weight is 223 g/mol. The van der Waals surface area contributed by atoms with Gasteiger partial charge in [0.15, 0.2) is 0 Å². The zero-order valence-electron chi connectivity index (χ0n) is 9.03. The van der Waals surface area contributed by atoms with Crippen molar-refractivity contribution in [2.45, 2.75) is 13.3 Å². The Kier molecular flexibility index (Phi) is 4.51. The second kappa shape index (κ2) is 5.90. The Bertz CT molecular complexity index is 402. The Morgan fingerprint density at radius 3 is 2.94 bits per heavy atom. The van der Waals surface area contributed by atoms with Crippen LogP contribution in [0.25, 0.3) is 0 Å². The topological polar surface area (TPSA) is 49.3 Å². The van der Waals surface area contributed by atoms with Gasteiger partial charge in [-0.2, -0.15) is 0 Å². The maximum absolute atomic E-state index is 13.4. The van der Waals surface area contributed by atoms with Gasteiger partial charge in [-0.05, 0) is 25.5 Å². The molecule has 0 aliphatic heterocycles. The first-order valence-electron chi connectivity index (χ1n) is 5.03. The third kappa shape index (κ3) is 3.08. The standard InChI is InChI=1S/C12H14FNO2/c1-2-3-4-8-14-11-9(12(15)16)6-5-7-10(11)13/h2-3,5-7,14H,4,8H2,1H3,(H,15,16)/b3-2+. The Labute approximate surface area is 93.6 Å². The van der Waals surface area contributed by atoms with E-state index in [-0.39, 0.29) is 11.3 Å². The number of hydrogen-bond donors (Lipinski definition) is 2. The lowest BCUT2D eigenvalue weighted by atomic mass is 10.1. The molecular formula is C12H14FNO2. The Hall–Kier alpha value is -1.84. The van der Waals surface area contributed by atoms with Crippen molar-refractivity contribution in [2.75, 3.05) is 11.9 Å². The molecule has 0 aliphatic carbocycles. The molecule has 0 aliphatic rings. The maximum atomic E-state index is 13.4. The van der Waals surface area contributed by atoms with Gasteiger partial charge in [-0.15, -0.1) is 0 Å². The van der Waals surface area contributed by atoms with Crippen LogP contribution < -0.4 is 5.32 Å². The van der Waals surface area contributed by atoms with Crippen molar-refractivity contribution in [3.05, 3.63) is 41.7 Å². The zero-order chi connectivity index (χ0) is 12.0. The van der Waals surface area contributed by atoms with Gasteiger partial charge in [0, 0.05) is 6.54 Å². The van der Waals surface area contributed by atoms with Crippen LogP contribution in [-0.4, -0.2) is 17.6 Å². The third-order valence-corrected chi connectivity index (χ3v) is 2.09. The van der Waals surface area contributed by atoms with Gasteiger partial charge >= 0.3 is 5.97 Å². The molecule has 0 spiro atoms. The van der Waals surface area contributed by atoms with Crippen molar-refractivity contribution in [2.24, 2.45) is 0 Å². The first kappa shape index (κ1) is 12.2. The van der Waals surface area contributed by atoms with Gasteiger partial charge in [0.1, 0.15) is 5.82 Å². The van der Waals surface area contributed by atoms with Gasteiger partial charge in [-0.1, -0.05) is 18.2 Å². The molecule has 0 fully saturated rings. The number of aromatic carboxylic acids is 1. The summed E-state index contributed by atoms with van der Waals surface area (Å²) in [6.45, 7) is 2.40. The van der Waals surface area contributed by atoms with Crippen LogP contribution >= 0.6 is 0 Å². The summed E-state index contributed by atoms with van der Waals surface area (Å²) in [6.07, 6.45) is 4.54. The van der Waals surface area contributed by atoms with Gasteiger partial charge in [0.2, 0.25) is 0 Å². The number of halogens is 1. The minimum Gasteiger partial charge on any atom is -0.478 e. The lowest BCUT2D eigenvalue weighted by molar-refractivity contribution is 0.0697. The van der Waals surface area contributed by atoms with Gasteiger partial charge < -0.3 is 10.4 Å². The van der Waals surface area contributed by atoms with Gasteiger partial charge in [-0.3, -0.25) is 0 Å². The van der Waals surface area contributed by atoms with E-state index in [1.165, 1.54) is 18.2 Å². The van der Waals surface area contributed by atoms with Crippen LogP contribution in [-0.2, 0) is 0 Å². The number of nitrogens with one attached hydrogen (secondary N) is 1. The fourth-order valence-corrected chi connectivity index (χ4v) is 1.33. The van der Waals surface area contributed by atoms with E-state index in [0.29, 0.717) is 6.54 Å². The lowest BCUT2D eigenvalue weighted by Crippen LogP contribution is -2.09. The molecule has 0 atom stereocenters. The lowest BCUT2D eigenvalue weighted by Gasteiger charge is -2.09. The summed E-state index contributed by atoms with van der Waals surface area (Å²) in [5.74, 6) is -1.67. The number of para-hydroxylation sites is 1. The first-order valence-corrected chi connectivity index (χ1v) is 5.03. The highest BCUT2D eigenvalue weighted by molar-refractivity contribution is 5.94. The van der Waals surface area contributed by atoms with Crippen LogP contribution in [0.4, 0.5) is 10.1 Å². The van der Waals surface area contributed by atoms with Gasteiger partial charge in [0.05, 0.1) is 11.3 Å². The molecule has 0 aromatic heterocycles. The van der Waals surface area contributed by atoms with Crippen molar-refractivity contribution in [3.63, 3.8) is 0 Å². The van der Waals surface area contributed by atoms with Crippen molar-refractivity contribution >= 4 is 11.7 Å². The van der Waals surface area contributed by atoms with Crippen LogP contribution in [0.5, 0.6) is 0 Å². The zero-order valence-corrected chi connectivity index (χ0v) is 9.03. The van der Waals surface area contributed by atoms with Crippen LogP contribution in [0.1, 0.15) is 23.7 Å². The highest BCUT2D eigenvalue weighted by atomic mass is 19.1. The summed E-state index contributed by atoms with van der Waals surface area (Å²) < 4.78 is 13.4. The predicted octanol–water partition coefficient (Wildman–Crippen LogP) is 2.90. The van der Waals surface area contributed by atoms with Crippen LogP contribution in [0, 0.1) is 5.82 Å². The summed E-state index contributed by atoms with van der Waals surface area (Å²) in [5, 5.41) is 11.7. The van der Waals surface area contributed by atoms with E-state index in [0.717, 1.165) is 6.42 Å². The molecule has 0 saturated carbocycles. The van der Waals surface area contributed by atoms with Crippen molar-refractivity contribution < 1.29 is 14.3 Å². The Balaban J connectivity index is 2.80. The first-order chi connectivity index (χ1) is 7.66. The van der Waals surface area contributed by atoms with Crippen LogP contribution in [0.2, 0.25) is 0 Å². The monoisotopic (exact) mass is 223 g/mol. The summed E-state index contributed by atoms with van der Waals surface area (Å²) in [7, 11) is 0. The fourth-order valence-electron chi connectivity index (χ4n) is 1.33. The number of hydrogen-bond acceptors (Lipinski definition) is 2. The van der Waals surface area contributed by atoms with E-state index < -0.39 is 11.8 Å². The van der Waals surface area contributed by atoms with Gasteiger partial charge in [-0.25, -0.2) is 9.18 Å². The number of carbonyl (C=O) groups is 1. The van der Waals surface area contributed by atoms with E-state index in [1.807, 2.05) is 19.1 Å². The molecular weight excluding hydrogens is 209 g/mol. The smallest absolute Gasteiger partial charge is 0.337 e. The number of rotatable bonds is 5. The number of benzene rings is 1. The molecule has 16 heavy (non-hydrogen) atoms. The maximum Gasteiger partial charge on any atom is 0.337 e. The fraction of sp³-hybridized carbons (Fsp3) is 0.250. The minimum absolute atomic E-state index is 0.0412. The molecule has 1 rings (SSSR count).